The molecule has 0 unspecified atom stereocenters. The van der Waals surface area contributed by atoms with E-state index >= 15 is 0 Å². The second kappa shape index (κ2) is 9.72. The SMILES string of the molecule is CCNC(=NCCNC(=O)c1ccccc1O)N1CCC(c2ncn[nH]2)CC1. The predicted molar refractivity (Wildman–Crippen MR) is 106 cm³/mol. The molecule has 1 amide bonds. The number of nitrogens with zero attached hydrogens (tertiary/aromatic N) is 4. The lowest BCUT2D eigenvalue weighted by molar-refractivity contribution is 0.0952. The summed E-state index contributed by atoms with van der Waals surface area (Å²) in [6.45, 7) is 5.46. The molecule has 0 spiro atoms. The van der Waals surface area contributed by atoms with Gasteiger partial charge < -0.3 is 20.6 Å². The molecule has 0 radical (unpaired) electrons. The van der Waals surface area contributed by atoms with Crippen LogP contribution in [0.15, 0.2) is 35.6 Å². The topological polar surface area (TPSA) is 119 Å². The Kier molecular flexibility index (Phi) is 6.83. The number of para-hydroxylation sites is 1. The van der Waals surface area contributed by atoms with Gasteiger partial charge in [-0.2, -0.15) is 5.10 Å². The maximum Gasteiger partial charge on any atom is 0.255 e. The summed E-state index contributed by atoms with van der Waals surface area (Å²) in [6.07, 6.45) is 3.53. The third-order valence-electron chi connectivity index (χ3n) is 4.76. The molecule has 1 aliphatic rings. The molecule has 0 saturated carbocycles. The van der Waals surface area contributed by atoms with Crippen LogP contribution in [-0.2, 0) is 0 Å². The number of hydrogen-bond donors (Lipinski definition) is 4. The molecule has 0 atom stereocenters. The molecule has 1 saturated heterocycles. The number of aromatic amines is 1. The van der Waals surface area contributed by atoms with Crippen LogP contribution in [0.2, 0.25) is 0 Å². The van der Waals surface area contributed by atoms with E-state index in [4.69, 9.17) is 0 Å². The molecule has 1 fully saturated rings. The van der Waals surface area contributed by atoms with Crippen molar-refractivity contribution < 1.29 is 9.90 Å². The third-order valence-corrected chi connectivity index (χ3v) is 4.76. The number of amides is 1. The number of phenolic OH excluding ortho intramolecular Hbond substituents is 1. The smallest absolute Gasteiger partial charge is 0.255 e. The summed E-state index contributed by atoms with van der Waals surface area (Å²) < 4.78 is 0. The monoisotopic (exact) mass is 385 g/mol. The Morgan fingerprint density at radius 1 is 1.32 bits per heavy atom. The van der Waals surface area contributed by atoms with E-state index in [1.54, 1.807) is 24.5 Å². The Bertz CT molecular complexity index is 783. The number of rotatable bonds is 6. The van der Waals surface area contributed by atoms with E-state index in [0.717, 1.165) is 44.3 Å². The third kappa shape index (κ3) is 4.99. The largest absolute Gasteiger partial charge is 0.507 e. The highest BCUT2D eigenvalue weighted by Crippen LogP contribution is 2.24. The van der Waals surface area contributed by atoms with Crippen LogP contribution in [0, 0.1) is 0 Å². The van der Waals surface area contributed by atoms with Gasteiger partial charge in [-0.05, 0) is 31.9 Å². The van der Waals surface area contributed by atoms with Crippen LogP contribution < -0.4 is 10.6 Å². The standard InChI is InChI=1S/C19H27N7O2/c1-2-20-19(26-11-7-14(8-12-26)17-23-13-24-25-17)22-10-9-21-18(28)15-5-3-4-6-16(15)27/h3-6,13-14,27H,2,7-12H2,1H3,(H,20,22)(H,21,28)(H,23,24,25). The van der Waals surface area contributed by atoms with Crippen molar-refractivity contribution in [2.24, 2.45) is 4.99 Å². The quantitative estimate of drug-likeness (QED) is 0.336. The van der Waals surface area contributed by atoms with Crippen molar-refractivity contribution in [3.05, 3.63) is 42.0 Å². The molecule has 28 heavy (non-hydrogen) atoms. The normalized spacial score (nSPS) is 15.5. The van der Waals surface area contributed by atoms with Gasteiger partial charge in [-0.1, -0.05) is 12.1 Å². The number of phenols is 1. The number of benzene rings is 1. The molecule has 0 aliphatic carbocycles. The number of nitrogens with one attached hydrogen (secondary N) is 3. The van der Waals surface area contributed by atoms with Gasteiger partial charge in [-0.3, -0.25) is 14.9 Å². The van der Waals surface area contributed by atoms with E-state index < -0.39 is 0 Å². The average Bonchev–Trinajstić information content (AvgIpc) is 3.25. The first kappa shape index (κ1) is 19.7. The fraction of sp³-hybridized carbons (Fsp3) is 0.474. The van der Waals surface area contributed by atoms with Gasteiger partial charge in [0.2, 0.25) is 0 Å². The van der Waals surface area contributed by atoms with E-state index in [-0.39, 0.29) is 17.2 Å². The molecule has 9 heteroatoms. The lowest BCUT2D eigenvalue weighted by Gasteiger charge is -2.33. The predicted octanol–water partition coefficient (Wildman–Crippen LogP) is 1.09. The zero-order valence-electron chi connectivity index (χ0n) is 16.1. The van der Waals surface area contributed by atoms with Crippen LogP contribution in [0.3, 0.4) is 0 Å². The number of aliphatic imine (C=N–C) groups is 1. The van der Waals surface area contributed by atoms with E-state index in [2.05, 4.69) is 35.7 Å². The van der Waals surface area contributed by atoms with E-state index in [0.29, 0.717) is 19.0 Å². The van der Waals surface area contributed by atoms with E-state index in [1.165, 1.54) is 6.07 Å². The van der Waals surface area contributed by atoms with Crippen molar-refractivity contribution >= 4 is 11.9 Å². The molecule has 2 heterocycles. The average molecular weight is 385 g/mol. The molecule has 2 aromatic rings. The zero-order chi connectivity index (χ0) is 19.8. The molecule has 1 aliphatic heterocycles. The summed E-state index contributed by atoms with van der Waals surface area (Å²) >= 11 is 0. The highest BCUT2D eigenvalue weighted by molar-refractivity contribution is 5.96. The second-order valence-electron chi connectivity index (χ2n) is 6.64. The van der Waals surface area contributed by atoms with Gasteiger partial charge >= 0.3 is 0 Å². The van der Waals surface area contributed by atoms with Crippen LogP contribution in [0.1, 0.15) is 41.9 Å². The Morgan fingerprint density at radius 2 is 2.11 bits per heavy atom. The van der Waals surface area contributed by atoms with E-state index in [1.807, 2.05) is 6.92 Å². The van der Waals surface area contributed by atoms with Gasteiger partial charge in [0.15, 0.2) is 5.96 Å². The highest BCUT2D eigenvalue weighted by Gasteiger charge is 2.24. The number of likely N-dealkylation sites (tertiary alicyclic amines) is 1. The number of aromatic hydroxyl groups is 1. The van der Waals surface area contributed by atoms with Crippen molar-refractivity contribution in [1.82, 2.24) is 30.7 Å². The van der Waals surface area contributed by atoms with Gasteiger partial charge in [-0.15, -0.1) is 0 Å². The molecular formula is C19H27N7O2. The van der Waals surface area contributed by atoms with Gasteiger partial charge in [0.05, 0.1) is 12.1 Å². The molecule has 9 nitrogen and oxygen atoms in total. The lowest BCUT2D eigenvalue weighted by Crippen LogP contribution is -2.45. The summed E-state index contributed by atoms with van der Waals surface area (Å²) in [5, 5.41) is 22.8. The fourth-order valence-corrected chi connectivity index (χ4v) is 3.29. The van der Waals surface area contributed by atoms with Gasteiger partial charge in [0, 0.05) is 32.1 Å². The number of hydrogen-bond acceptors (Lipinski definition) is 5. The molecular weight excluding hydrogens is 358 g/mol. The van der Waals surface area contributed by atoms with Crippen molar-refractivity contribution in [2.75, 3.05) is 32.7 Å². The molecule has 150 valence electrons. The Morgan fingerprint density at radius 3 is 2.79 bits per heavy atom. The van der Waals surface area contributed by atoms with Crippen molar-refractivity contribution in [3.8, 4) is 5.75 Å². The summed E-state index contributed by atoms with van der Waals surface area (Å²) in [5.74, 6) is 1.89. The van der Waals surface area contributed by atoms with Gasteiger partial charge in [0.25, 0.3) is 5.91 Å². The first-order valence-electron chi connectivity index (χ1n) is 9.63. The highest BCUT2D eigenvalue weighted by atomic mass is 16.3. The van der Waals surface area contributed by atoms with Gasteiger partial charge in [0.1, 0.15) is 17.9 Å². The maximum atomic E-state index is 12.1. The van der Waals surface area contributed by atoms with Crippen molar-refractivity contribution in [1.29, 1.82) is 0 Å². The van der Waals surface area contributed by atoms with E-state index in [9.17, 15) is 9.90 Å². The Labute approximate surface area is 164 Å². The number of carbonyl (C=O) groups excluding carboxylic acids is 1. The van der Waals surface area contributed by atoms with Crippen LogP contribution >= 0.6 is 0 Å². The maximum absolute atomic E-state index is 12.1. The minimum Gasteiger partial charge on any atom is -0.507 e. The van der Waals surface area contributed by atoms with Crippen molar-refractivity contribution in [2.45, 2.75) is 25.7 Å². The van der Waals surface area contributed by atoms with Crippen LogP contribution in [-0.4, -0.2) is 69.8 Å². The molecule has 0 bridgehead atoms. The minimum absolute atomic E-state index is 0.0218. The first-order chi connectivity index (χ1) is 13.7. The van der Waals surface area contributed by atoms with Crippen LogP contribution in [0.25, 0.3) is 0 Å². The summed E-state index contributed by atoms with van der Waals surface area (Å²) in [5.41, 5.74) is 0.271. The molecule has 1 aromatic carbocycles. The number of piperidine rings is 1. The lowest BCUT2D eigenvalue weighted by atomic mass is 9.96. The first-order valence-corrected chi connectivity index (χ1v) is 9.63. The van der Waals surface area contributed by atoms with Crippen LogP contribution in [0.4, 0.5) is 0 Å². The molecule has 4 N–H and O–H groups in total. The molecule has 1 aromatic heterocycles. The Hall–Kier alpha value is -3.10. The van der Waals surface area contributed by atoms with Gasteiger partial charge in [-0.25, -0.2) is 4.98 Å². The fourth-order valence-electron chi connectivity index (χ4n) is 3.29. The zero-order valence-corrected chi connectivity index (χ0v) is 16.1. The molecule has 3 rings (SSSR count). The number of carbonyl (C=O) groups is 1. The Balaban J connectivity index is 1.49. The summed E-state index contributed by atoms with van der Waals surface area (Å²) in [6, 6.07) is 6.50. The number of H-pyrrole nitrogens is 1. The number of aromatic nitrogens is 3. The summed E-state index contributed by atoms with van der Waals surface area (Å²) in [4.78, 5) is 23.3. The second-order valence-corrected chi connectivity index (χ2v) is 6.64. The minimum atomic E-state index is -0.300. The van der Waals surface area contributed by atoms with Crippen molar-refractivity contribution in [3.63, 3.8) is 0 Å². The summed E-state index contributed by atoms with van der Waals surface area (Å²) in [7, 11) is 0. The van der Waals surface area contributed by atoms with Crippen LogP contribution in [0.5, 0.6) is 5.75 Å². The number of guanidine groups is 1.